The first kappa shape index (κ1) is 23.8. The highest BCUT2D eigenvalue weighted by Crippen LogP contribution is 2.32. The van der Waals surface area contributed by atoms with Crippen molar-refractivity contribution in [2.24, 2.45) is 0 Å². The number of aromatic nitrogens is 4. The molecule has 2 saturated heterocycles. The Morgan fingerprint density at radius 1 is 1.14 bits per heavy atom. The third-order valence-corrected chi connectivity index (χ3v) is 6.63. The summed E-state index contributed by atoms with van der Waals surface area (Å²) in [7, 11) is 0. The molecule has 36 heavy (non-hydrogen) atoms. The van der Waals surface area contributed by atoms with Gasteiger partial charge in [0.1, 0.15) is 17.7 Å². The number of hydrogen-bond donors (Lipinski definition) is 2. The number of anilines is 3. The van der Waals surface area contributed by atoms with E-state index < -0.39 is 6.17 Å². The summed E-state index contributed by atoms with van der Waals surface area (Å²) >= 11 is 0. The number of phenolic OH excluding ortho intramolecular Hbond substituents is 1. The molecule has 1 atom stereocenters. The second-order valence-electron chi connectivity index (χ2n) is 9.17. The molecule has 2 aliphatic rings. The Kier molecular flexibility index (Phi) is 6.82. The first-order valence-corrected chi connectivity index (χ1v) is 12.1. The lowest BCUT2D eigenvalue weighted by Crippen LogP contribution is -2.48. The van der Waals surface area contributed by atoms with Crippen molar-refractivity contribution in [3.63, 3.8) is 0 Å². The van der Waals surface area contributed by atoms with E-state index in [-0.39, 0.29) is 11.8 Å². The molecule has 0 aliphatic carbocycles. The molecule has 2 aliphatic heterocycles. The van der Waals surface area contributed by atoms with Crippen LogP contribution in [0.3, 0.4) is 0 Å². The number of likely N-dealkylation sites (tertiary alicyclic amines) is 1. The van der Waals surface area contributed by atoms with Gasteiger partial charge in [-0.3, -0.25) is 4.90 Å². The van der Waals surface area contributed by atoms with Crippen LogP contribution < -0.4 is 15.5 Å². The Morgan fingerprint density at radius 3 is 2.78 bits per heavy atom. The maximum Gasteiger partial charge on any atom is 0.206 e. The van der Waals surface area contributed by atoms with Gasteiger partial charge in [0, 0.05) is 50.5 Å². The molecular weight excluding hydrogens is 459 g/mol. The molecule has 9 nitrogen and oxygen atoms in total. The predicted octanol–water partition coefficient (Wildman–Crippen LogP) is 2.33. The number of phenols is 1. The van der Waals surface area contributed by atoms with Crippen LogP contribution in [0.25, 0.3) is 11.3 Å². The van der Waals surface area contributed by atoms with E-state index in [4.69, 9.17) is 5.73 Å². The number of nitrogens with zero attached hydrogens (tertiary/aromatic N) is 7. The van der Waals surface area contributed by atoms with Gasteiger partial charge >= 0.3 is 0 Å². The van der Waals surface area contributed by atoms with Gasteiger partial charge in [-0.05, 0) is 43.5 Å². The molecule has 0 bridgehead atoms. The van der Waals surface area contributed by atoms with E-state index >= 15 is 0 Å². The number of rotatable bonds is 4. The van der Waals surface area contributed by atoms with Crippen molar-refractivity contribution in [3.8, 4) is 28.8 Å². The quantitative estimate of drug-likeness (QED) is 0.535. The molecule has 10 heteroatoms. The van der Waals surface area contributed by atoms with Crippen molar-refractivity contribution < 1.29 is 9.50 Å². The molecular formula is C26H29FN8O. The van der Waals surface area contributed by atoms with Gasteiger partial charge in [-0.1, -0.05) is 18.1 Å². The summed E-state index contributed by atoms with van der Waals surface area (Å²) in [5.74, 6) is 7.86. The van der Waals surface area contributed by atoms with Crippen LogP contribution in [-0.4, -0.2) is 81.7 Å². The van der Waals surface area contributed by atoms with Crippen LogP contribution in [0.1, 0.15) is 19.2 Å². The van der Waals surface area contributed by atoms with Crippen LogP contribution in [0, 0.1) is 11.8 Å². The summed E-state index contributed by atoms with van der Waals surface area (Å²) in [5, 5.41) is 18.6. The second kappa shape index (κ2) is 10.3. The largest absolute Gasteiger partial charge is 0.507 e. The van der Waals surface area contributed by atoms with Crippen molar-refractivity contribution in [1.29, 1.82) is 0 Å². The first-order valence-electron chi connectivity index (χ1n) is 12.1. The third-order valence-electron chi connectivity index (χ3n) is 6.63. The zero-order valence-corrected chi connectivity index (χ0v) is 20.2. The molecule has 2 aromatic heterocycles. The van der Waals surface area contributed by atoms with Gasteiger partial charge < -0.3 is 20.6 Å². The zero-order valence-electron chi connectivity index (χ0n) is 20.2. The van der Waals surface area contributed by atoms with Gasteiger partial charge in [-0.25, -0.2) is 14.4 Å². The molecule has 5 rings (SSSR count). The normalized spacial score (nSPS) is 18.8. The fourth-order valence-corrected chi connectivity index (χ4v) is 4.54. The molecule has 0 unspecified atom stereocenters. The van der Waals surface area contributed by atoms with Gasteiger partial charge in [0.2, 0.25) is 5.82 Å². The van der Waals surface area contributed by atoms with Gasteiger partial charge in [0.05, 0.1) is 17.9 Å². The molecule has 186 valence electrons. The lowest BCUT2D eigenvalue weighted by atomic mass is 10.1. The smallest absolute Gasteiger partial charge is 0.206 e. The summed E-state index contributed by atoms with van der Waals surface area (Å²) < 4.78 is 13.0. The van der Waals surface area contributed by atoms with Crippen molar-refractivity contribution in [2.75, 3.05) is 54.8 Å². The number of alkyl halides is 1. The van der Waals surface area contributed by atoms with E-state index in [0.29, 0.717) is 49.1 Å². The summed E-state index contributed by atoms with van der Waals surface area (Å²) in [6.45, 7) is 5.82. The van der Waals surface area contributed by atoms with Crippen LogP contribution in [0.2, 0.25) is 0 Å². The highest BCUT2D eigenvalue weighted by atomic mass is 19.1. The molecule has 0 amide bonds. The molecule has 3 N–H and O–H groups in total. The fourth-order valence-electron chi connectivity index (χ4n) is 4.54. The van der Waals surface area contributed by atoms with E-state index in [1.54, 1.807) is 18.3 Å². The Balaban J connectivity index is 1.31. The number of halogens is 1. The molecule has 0 saturated carbocycles. The second-order valence-corrected chi connectivity index (χ2v) is 9.17. The average molecular weight is 489 g/mol. The van der Waals surface area contributed by atoms with Crippen LogP contribution in [0.15, 0.2) is 42.6 Å². The Labute approximate surface area is 209 Å². The minimum Gasteiger partial charge on any atom is -0.507 e. The first-order chi connectivity index (χ1) is 17.5. The number of nitrogen functional groups attached to an aromatic ring is 1. The number of nitrogens with two attached hydrogens (primary N) is 1. The summed E-state index contributed by atoms with van der Waals surface area (Å²) in [4.78, 5) is 15.4. The van der Waals surface area contributed by atoms with E-state index in [1.165, 1.54) is 0 Å². The zero-order chi connectivity index (χ0) is 25.1. The summed E-state index contributed by atoms with van der Waals surface area (Å²) in [6, 6.07) is 11.1. The maximum absolute atomic E-state index is 13.0. The van der Waals surface area contributed by atoms with Gasteiger partial charge in [-0.15, -0.1) is 10.2 Å². The highest BCUT2D eigenvalue weighted by Gasteiger charge is 2.25. The van der Waals surface area contributed by atoms with Crippen LogP contribution >= 0.6 is 0 Å². The average Bonchev–Trinajstić information content (AvgIpc) is 3.05. The minimum absolute atomic E-state index is 0.150. The van der Waals surface area contributed by atoms with Crippen molar-refractivity contribution in [2.45, 2.75) is 25.6 Å². The molecule has 2 fully saturated rings. The number of benzene rings is 1. The number of hydrogen-bond acceptors (Lipinski definition) is 9. The Bertz CT molecular complexity index is 1290. The third kappa shape index (κ3) is 5.16. The van der Waals surface area contributed by atoms with E-state index in [9.17, 15) is 9.50 Å². The standard InChI is InChI=1S/C26H29FN8O/c1-18-9-12-34(22-15-21(31-32-26(22)28)20-5-2-3-6-23(20)36)13-14-35(18)25-8-10-29-24(30-25)7-4-11-33-16-19(27)17-33/h2-3,5-6,8,10,15,18-19,36H,9,11-14,16-17H2,1H3,(H2,28,32)/t18-/m1/s1. The molecule has 1 aromatic carbocycles. The highest BCUT2D eigenvalue weighted by molar-refractivity contribution is 5.74. The van der Waals surface area contributed by atoms with Crippen LogP contribution in [0.4, 0.5) is 21.7 Å². The van der Waals surface area contributed by atoms with E-state index in [1.807, 2.05) is 29.2 Å². The van der Waals surface area contributed by atoms with E-state index in [2.05, 4.69) is 48.7 Å². The molecule has 4 heterocycles. The van der Waals surface area contributed by atoms with Crippen LogP contribution in [0.5, 0.6) is 5.75 Å². The van der Waals surface area contributed by atoms with Gasteiger partial charge in [0.15, 0.2) is 5.82 Å². The topological polar surface area (TPSA) is 108 Å². The summed E-state index contributed by atoms with van der Waals surface area (Å²) in [5.41, 5.74) is 8.21. The monoisotopic (exact) mass is 488 g/mol. The number of aromatic hydroxyl groups is 1. The Morgan fingerprint density at radius 2 is 1.97 bits per heavy atom. The predicted molar refractivity (Wildman–Crippen MR) is 137 cm³/mol. The minimum atomic E-state index is -0.731. The lowest BCUT2D eigenvalue weighted by Gasteiger charge is -2.32. The fraction of sp³-hybridized carbons (Fsp3) is 0.385. The van der Waals surface area contributed by atoms with Crippen molar-refractivity contribution in [3.05, 3.63) is 48.4 Å². The number of para-hydroxylation sites is 1. The van der Waals surface area contributed by atoms with Gasteiger partial charge in [0.25, 0.3) is 0 Å². The SMILES string of the molecule is C[C@@H]1CCN(c2cc(-c3ccccc3O)nnc2N)CCN1c1ccnc(C#CCN2CC(F)C2)n1. The molecule has 0 spiro atoms. The molecule has 0 radical (unpaired) electrons. The van der Waals surface area contributed by atoms with Gasteiger partial charge in [-0.2, -0.15) is 0 Å². The lowest BCUT2D eigenvalue weighted by molar-refractivity contribution is 0.0791. The van der Waals surface area contributed by atoms with Crippen molar-refractivity contribution in [1.82, 2.24) is 25.1 Å². The van der Waals surface area contributed by atoms with Crippen LogP contribution in [-0.2, 0) is 0 Å². The summed E-state index contributed by atoms with van der Waals surface area (Å²) in [6.07, 6.45) is 1.88. The van der Waals surface area contributed by atoms with E-state index in [0.717, 1.165) is 31.0 Å². The van der Waals surface area contributed by atoms with Crippen molar-refractivity contribution >= 4 is 17.3 Å². The molecule has 3 aromatic rings. The Hall–Kier alpha value is -3.97. The maximum atomic E-state index is 13.0.